The van der Waals surface area contributed by atoms with E-state index in [4.69, 9.17) is 5.73 Å². The minimum atomic E-state index is -1.12. The molecule has 0 saturated carbocycles. The molecule has 0 aliphatic carbocycles. The lowest BCUT2D eigenvalue weighted by Crippen LogP contribution is -2.58. The number of hydrogen-bond acceptors (Lipinski definition) is 5. The molecule has 9 nitrogen and oxygen atoms in total. The number of amides is 3. The Morgan fingerprint density at radius 3 is 2.32 bits per heavy atom. The van der Waals surface area contributed by atoms with Crippen molar-refractivity contribution in [2.45, 2.75) is 77.5 Å². The molecule has 3 amide bonds. The molecule has 1 aromatic rings. The van der Waals surface area contributed by atoms with Gasteiger partial charge in [0.25, 0.3) is 0 Å². The second-order valence-electron chi connectivity index (χ2n) is 9.42. The molecule has 0 aromatic heterocycles. The van der Waals surface area contributed by atoms with Crippen molar-refractivity contribution in [3.63, 3.8) is 0 Å². The van der Waals surface area contributed by atoms with Crippen LogP contribution >= 0.6 is 0 Å². The average molecular weight is 475 g/mol. The van der Waals surface area contributed by atoms with Gasteiger partial charge in [-0.2, -0.15) is 0 Å². The first-order valence-electron chi connectivity index (χ1n) is 12.0. The standard InChI is InChI=1S/C25H38N4O5/c1-5-16(4)20(26)23(31)27-18(14-17-10-7-6-8-11-17)24(32)29-13-9-12-19(29)22(30)28-21(15(2)3)25(33)34/h6-8,10-11,15-16,18-21H,5,9,12-14,26H2,1-4H3,(H,27,31)(H,28,30)(H,33,34). The highest BCUT2D eigenvalue weighted by Crippen LogP contribution is 2.21. The number of nitrogens with one attached hydrogen (secondary N) is 2. The summed E-state index contributed by atoms with van der Waals surface area (Å²) in [7, 11) is 0. The lowest BCUT2D eigenvalue weighted by molar-refractivity contribution is -0.145. The monoisotopic (exact) mass is 474 g/mol. The molecule has 0 spiro atoms. The van der Waals surface area contributed by atoms with Crippen LogP contribution in [-0.4, -0.2) is 64.4 Å². The number of carboxylic acids is 1. The first-order chi connectivity index (χ1) is 16.1. The Morgan fingerprint density at radius 2 is 1.76 bits per heavy atom. The van der Waals surface area contributed by atoms with Gasteiger partial charge in [0.15, 0.2) is 0 Å². The number of carbonyl (C=O) groups is 4. The molecule has 5 N–H and O–H groups in total. The van der Waals surface area contributed by atoms with Crippen LogP contribution in [0.15, 0.2) is 30.3 Å². The van der Waals surface area contributed by atoms with Gasteiger partial charge in [-0.3, -0.25) is 14.4 Å². The van der Waals surface area contributed by atoms with Crippen LogP contribution < -0.4 is 16.4 Å². The van der Waals surface area contributed by atoms with E-state index < -0.39 is 42.0 Å². The molecule has 5 unspecified atom stereocenters. The van der Waals surface area contributed by atoms with E-state index in [1.165, 1.54) is 4.90 Å². The topological polar surface area (TPSA) is 142 Å². The third-order valence-corrected chi connectivity index (χ3v) is 6.53. The van der Waals surface area contributed by atoms with Gasteiger partial charge in [-0.15, -0.1) is 0 Å². The van der Waals surface area contributed by atoms with E-state index in [0.29, 0.717) is 19.4 Å². The molecule has 1 aliphatic heterocycles. The van der Waals surface area contributed by atoms with Crippen molar-refractivity contribution in [2.75, 3.05) is 6.54 Å². The Morgan fingerprint density at radius 1 is 1.12 bits per heavy atom. The Balaban J connectivity index is 2.23. The summed E-state index contributed by atoms with van der Waals surface area (Å²) in [6.45, 7) is 7.60. The van der Waals surface area contributed by atoms with Gasteiger partial charge in [-0.1, -0.05) is 64.4 Å². The van der Waals surface area contributed by atoms with Crippen LogP contribution in [0, 0.1) is 11.8 Å². The fourth-order valence-corrected chi connectivity index (χ4v) is 4.10. The third kappa shape index (κ3) is 7.03. The summed E-state index contributed by atoms with van der Waals surface area (Å²) in [6.07, 6.45) is 2.02. The predicted molar refractivity (Wildman–Crippen MR) is 129 cm³/mol. The van der Waals surface area contributed by atoms with Crippen molar-refractivity contribution in [3.05, 3.63) is 35.9 Å². The quantitative estimate of drug-likeness (QED) is 0.381. The van der Waals surface area contributed by atoms with Gasteiger partial charge < -0.3 is 26.4 Å². The highest BCUT2D eigenvalue weighted by Gasteiger charge is 2.39. The molecule has 1 aromatic carbocycles. The maximum Gasteiger partial charge on any atom is 0.326 e. The van der Waals surface area contributed by atoms with E-state index in [9.17, 15) is 24.3 Å². The lowest BCUT2D eigenvalue weighted by atomic mass is 9.98. The maximum absolute atomic E-state index is 13.6. The second-order valence-corrected chi connectivity index (χ2v) is 9.42. The molecule has 1 heterocycles. The molecular formula is C25H38N4O5. The summed E-state index contributed by atoms with van der Waals surface area (Å²) in [6, 6.07) is 5.85. The summed E-state index contributed by atoms with van der Waals surface area (Å²) in [5.74, 6) is -2.75. The van der Waals surface area contributed by atoms with Crippen LogP contribution in [0.2, 0.25) is 0 Å². The normalized spacial score (nSPS) is 19.2. The van der Waals surface area contributed by atoms with Crippen molar-refractivity contribution in [3.8, 4) is 0 Å². The predicted octanol–water partition coefficient (Wildman–Crippen LogP) is 1.30. The summed E-state index contributed by atoms with van der Waals surface area (Å²) in [5.41, 5.74) is 6.96. The van der Waals surface area contributed by atoms with Crippen LogP contribution in [0.5, 0.6) is 0 Å². The zero-order chi connectivity index (χ0) is 25.4. The van der Waals surface area contributed by atoms with Crippen LogP contribution in [-0.2, 0) is 25.6 Å². The van der Waals surface area contributed by atoms with E-state index in [1.54, 1.807) is 13.8 Å². The Bertz CT molecular complexity index is 860. The second kappa shape index (κ2) is 12.5. The zero-order valence-electron chi connectivity index (χ0n) is 20.5. The molecule has 2 rings (SSSR count). The van der Waals surface area contributed by atoms with Gasteiger partial charge in [0.2, 0.25) is 17.7 Å². The largest absolute Gasteiger partial charge is 0.480 e. The average Bonchev–Trinajstić information content (AvgIpc) is 3.30. The van der Waals surface area contributed by atoms with Gasteiger partial charge in [0, 0.05) is 13.0 Å². The molecular weight excluding hydrogens is 436 g/mol. The van der Waals surface area contributed by atoms with Crippen molar-refractivity contribution in [1.82, 2.24) is 15.5 Å². The smallest absolute Gasteiger partial charge is 0.326 e. The number of carboxylic acid groups (broad SMARTS) is 1. The maximum atomic E-state index is 13.6. The fraction of sp³-hybridized carbons (Fsp3) is 0.600. The van der Waals surface area contributed by atoms with Crippen molar-refractivity contribution < 1.29 is 24.3 Å². The number of nitrogens with two attached hydrogens (primary N) is 1. The number of rotatable bonds is 11. The van der Waals surface area contributed by atoms with E-state index in [-0.39, 0.29) is 24.2 Å². The van der Waals surface area contributed by atoms with Crippen LogP contribution in [0.25, 0.3) is 0 Å². The van der Waals surface area contributed by atoms with Gasteiger partial charge in [-0.25, -0.2) is 4.79 Å². The third-order valence-electron chi connectivity index (χ3n) is 6.53. The molecule has 0 bridgehead atoms. The number of benzene rings is 1. The van der Waals surface area contributed by atoms with Crippen molar-refractivity contribution in [1.29, 1.82) is 0 Å². The highest BCUT2D eigenvalue weighted by atomic mass is 16.4. The summed E-state index contributed by atoms with van der Waals surface area (Å²) < 4.78 is 0. The van der Waals surface area contributed by atoms with Crippen LogP contribution in [0.1, 0.15) is 52.5 Å². The first-order valence-corrected chi connectivity index (χ1v) is 12.0. The van der Waals surface area contributed by atoms with E-state index in [1.807, 2.05) is 44.2 Å². The number of hydrogen-bond donors (Lipinski definition) is 4. The van der Waals surface area contributed by atoms with E-state index >= 15 is 0 Å². The summed E-state index contributed by atoms with van der Waals surface area (Å²) in [4.78, 5) is 52.3. The van der Waals surface area contributed by atoms with Crippen molar-refractivity contribution in [2.24, 2.45) is 17.6 Å². The molecule has 9 heteroatoms. The zero-order valence-corrected chi connectivity index (χ0v) is 20.5. The molecule has 1 fully saturated rings. The number of likely N-dealkylation sites (tertiary alicyclic amines) is 1. The Kier molecular flexibility index (Phi) is 10.0. The van der Waals surface area contributed by atoms with Gasteiger partial charge >= 0.3 is 5.97 Å². The summed E-state index contributed by atoms with van der Waals surface area (Å²) >= 11 is 0. The number of aliphatic carboxylic acids is 1. The summed E-state index contributed by atoms with van der Waals surface area (Å²) in [5, 5.41) is 14.8. The molecule has 1 saturated heterocycles. The lowest BCUT2D eigenvalue weighted by Gasteiger charge is -2.31. The molecule has 5 atom stereocenters. The SMILES string of the molecule is CCC(C)C(N)C(=O)NC(Cc1ccccc1)C(=O)N1CCCC1C(=O)NC(C(=O)O)C(C)C. The van der Waals surface area contributed by atoms with Crippen molar-refractivity contribution >= 4 is 23.7 Å². The van der Waals surface area contributed by atoms with Crippen LogP contribution in [0.3, 0.4) is 0 Å². The van der Waals surface area contributed by atoms with Gasteiger partial charge in [0.05, 0.1) is 6.04 Å². The fourth-order valence-electron chi connectivity index (χ4n) is 4.10. The first kappa shape index (κ1) is 27.3. The Labute approximate surface area is 201 Å². The highest BCUT2D eigenvalue weighted by molar-refractivity contribution is 5.94. The molecule has 0 radical (unpaired) electrons. The van der Waals surface area contributed by atoms with E-state index in [2.05, 4.69) is 10.6 Å². The van der Waals surface area contributed by atoms with Gasteiger partial charge in [-0.05, 0) is 30.2 Å². The minimum Gasteiger partial charge on any atom is -0.480 e. The van der Waals surface area contributed by atoms with E-state index in [0.717, 1.165) is 12.0 Å². The number of carbonyl (C=O) groups excluding carboxylic acids is 3. The Hall–Kier alpha value is -2.94. The van der Waals surface area contributed by atoms with Gasteiger partial charge in [0.1, 0.15) is 18.1 Å². The molecule has 34 heavy (non-hydrogen) atoms. The molecule has 1 aliphatic rings. The van der Waals surface area contributed by atoms with Crippen LogP contribution in [0.4, 0.5) is 0 Å². The minimum absolute atomic E-state index is 0.0539. The molecule has 188 valence electrons. The number of nitrogens with zero attached hydrogens (tertiary/aromatic N) is 1.